The molecule has 0 saturated carbocycles. The van der Waals surface area contributed by atoms with Crippen LogP contribution in [0.25, 0.3) is 0 Å². The average molecular weight is 269 g/mol. The second kappa shape index (κ2) is 4.60. The molecule has 2 N–H and O–H groups in total. The lowest BCUT2D eigenvalue weighted by molar-refractivity contribution is -0.137. The topological polar surface area (TPSA) is 43.8 Å². The van der Waals surface area contributed by atoms with E-state index in [4.69, 9.17) is 5.73 Å². The Balaban J connectivity index is 2.33. The van der Waals surface area contributed by atoms with Crippen LogP contribution in [0.3, 0.4) is 0 Å². The van der Waals surface area contributed by atoms with E-state index in [1.54, 1.807) is 11.7 Å². The number of aromatic nitrogens is 2. The van der Waals surface area contributed by atoms with Gasteiger partial charge in [0.05, 0.1) is 23.1 Å². The van der Waals surface area contributed by atoms with Crippen LogP contribution < -0.4 is 5.73 Å². The van der Waals surface area contributed by atoms with Crippen LogP contribution in [-0.4, -0.2) is 9.78 Å². The number of nitrogen functional groups attached to an aromatic ring is 1. The van der Waals surface area contributed by atoms with Gasteiger partial charge in [-0.3, -0.25) is 4.68 Å². The fourth-order valence-electron chi connectivity index (χ4n) is 2.11. The number of alkyl halides is 3. The zero-order valence-corrected chi connectivity index (χ0v) is 10.6. The van der Waals surface area contributed by atoms with Crippen LogP contribution in [0.2, 0.25) is 0 Å². The van der Waals surface area contributed by atoms with E-state index in [9.17, 15) is 13.2 Å². The average Bonchev–Trinajstić information content (AvgIpc) is 2.67. The molecule has 2 aromatic rings. The van der Waals surface area contributed by atoms with Crippen molar-refractivity contribution in [2.45, 2.75) is 19.0 Å². The molecule has 1 unspecified atom stereocenters. The summed E-state index contributed by atoms with van der Waals surface area (Å²) >= 11 is 0. The van der Waals surface area contributed by atoms with E-state index in [2.05, 4.69) is 5.10 Å². The van der Waals surface area contributed by atoms with E-state index in [0.717, 1.165) is 23.4 Å². The summed E-state index contributed by atoms with van der Waals surface area (Å²) in [6.07, 6.45) is -2.77. The maximum Gasteiger partial charge on any atom is 0.416 e. The highest BCUT2D eigenvalue weighted by Gasteiger charge is 2.30. The van der Waals surface area contributed by atoms with Gasteiger partial charge in [-0.05, 0) is 17.7 Å². The number of benzene rings is 1. The minimum absolute atomic E-state index is 0.116. The number of aryl methyl sites for hydroxylation is 1. The number of rotatable bonds is 2. The smallest absolute Gasteiger partial charge is 0.396 e. The number of anilines is 1. The molecule has 1 heterocycles. The van der Waals surface area contributed by atoms with Gasteiger partial charge < -0.3 is 5.73 Å². The zero-order valence-electron chi connectivity index (χ0n) is 10.6. The zero-order chi connectivity index (χ0) is 14.2. The first-order valence-electron chi connectivity index (χ1n) is 5.75. The molecule has 102 valence electrons. The minimum atomic E-state index is -4.31. The van der Waals surface area contributed by atoms with Crippen molar-refractivity contribution in [3.05, 3.63) is 47.3 Å². The van der Waals surface area contributed by atoms with Gasteiger partial charge in [0, 0.05) is 13.0 Å². The predicted molar refractivity (Wildman–Crippen MR) is 66.6 cm³/mol. The van der Waals surface area contributed by atoms with Crippen molar-refractivity contribution in [3.63, 3.8) is 0 Å². The van der Waals surface area contributed by atoms with Gasteiger partial charge in [-0.15, -0.1) is 0 Å². The Morgan fingerprint density at radius 3 is 2.21 bits per heavy atom. The summed E-state index contributed by atoms with van der Waals surface area (Å²) in [4.78, 5) is 0. The highest BCUT2D eigenvalue weighted by Crippen LogP contribution is 2.32. The quantitative estimate of drug-likeness (QED) is 0.910. The summed E-state index contributed by atoms with van der Waals surface area (Å²) < 4.78 is 39.1. The number of hydrogen-bond donors (Lipinski definition) is 1. The maximum absolute atomic E-state index is 12.5. The molecule has 2 rings (SSSR count). The van der Waals surface area contributed by atoms with E-state index in [-0.39, 0.29) is 5.92 Å². The molecule has 3 nitrogen and oxygen atoms in total. The van der Waals surface area contributed by atoms with Gasteiger partial charge >= 0.3 is 6.18 Å². The SMILES string of the molecule is CC(c1ccc(C(F)(F)F)cc1)c1c(N)cnn1C. The van der Waals surface area contributed by atoms with Crippen molar-refractivity contribution in [1.29, 1.82) is 0 Å². The lowest BCUT2D eigenvalue weighted by Gasteiger charge is -2.15. The Hall–Kier alpha value is -1.98. The molecule has 0 amide bonds. The fourth-order valence-corrected chi connectivity index (χ4v) is 2.11. The van der Waals surface area contributed by atoms with Crippen molar-refractivity contribution in [2.24, 2.45) is 7.05 Å². The first-order valence-corrected chi connectivity index (χ1v) is 5.75. The number of halogens is 3. The molecule has 1 aromatic heterocycles. The van der Waals surface area contributed by atoms with Gasteiger partial charge in [-0.2, -0.15) is 18.3 Å². The Morgan fingerprint density at radius 2 is 1.79 bits per heavy atom. The van der Waals surface area contributed by atoms with Crippen LogP contribution in [0, 0.1) is 0 Å². The summed E-state index contributed by atoms with van der Waals surface area (Å²) in [5.74, 6) is -0.116. The first-order chi connectivity index (χ1) is 8.80. The van der Waals surface area contributed by atoms with Crippen LogP contribution in [0.4, 0.5) is 18.9 Å². The molecule has 0 spiro atoms. The van der Waals surface area contributed by atoms with Crippen molar-refractivity contribution in [2.75, 3.05) is 5.73 Å². The molecule has 0 aliphatic carbocycles. The van der Waals surface area contributed by atoms with E-state index in [1.807, 2.05) is 6.92 Å². The molecule has 0 saturated heterocycles. The Labute approximate surface area is 108 Å². The van der Waals surface area contributed by atoms with E-state index < -0.39 is 11.7 Å². The van der Waals surface area contributed by atoms with Crippen molar-refractivity contribution >= 4 is 5.69 Å². The third-order valence-electron chi connectivity index (χ3n) is 3.16. The number of nitrogens with two attached hydrogens (primary N) is 1. The molecule has 6 heteroatoms. The van der Waals surface area contributed by atoms with E-state index in [0.29, 0.717) is 5.69 Å². The van der Waals surface area contributed by atoms with Gasteiger partial charge in [0.15, 0.2) is 0 Å². The summed E-state index contributed by atoms with van der Waals surface area (Å²) in [7, 11) is 1.76. The second-order valence-electron chi connectivity index (χ2n) is 4.45. The van der Waals surface area contributed by atoms with Gasteiger partial charge in [-0.1, -0.05) is 19.1 Å². The Bertz CT molecular complexity index is 550. The molecular weight excluding hydrogens is 255 g/mol. The van der Waals surface area contributed by atoms with Crippen LogP contribution in [0.15, 0.2) is 30.5 Å². The Morgan fingerprint density at radius 1 is 1.21 bits per heavy atom. The summed E-state index contributed by atoms with van der Waals surface area (Å²) in [5, 5.41) is 4.03. The van der Waals surface area contributed by atoms with Gasteiger partial charge in [-0.25, -0.2) is 0 Å². The standard InChI is InChI=1S/C13H14F3N3/c1-8(12-11(17)7-18-19(12)2)9-3-5-10(6-4-9)13(14,15)16/h3-8H,17H2,1-2H3. The van der Waals surface area contributed by atoms with Crippen molar-refractivity contribution < 1.29 is 13.2 Å². The van der Waals surface area contributed by atoms with E-state index >= 15 is 0 Å². The van der Waals surface area contributed by atoms with Gasteiger partial charge in [0.2, 0.25) is 0 Å². The van der Waals surface area contributed by atoms with Gasteiger partial charge in [0.25, 0.3) is 0 Å². The molecule has 1 aromatic carbocycles. The summed E-state index contributed by atoms with van der Waals surface area (Å²) in [6, 6.07) is 5.11. The normalized spacial score (nSPS) is 13.5. The highest BCUT2D eigenvalue weighted by atomic mass is 19.4. The first kappa shape index (κ1) is 13.5. The molecule has 0 radical (unpaired) electrons. The van der Waals surface area contributed by atoms with Crippen LogP contribution >= 0.6 is 0 Å². The molecule has 19 heavy (non-hydrogen) atoms. The maximum atomic E-state index is 12.5. The van der Waals surface area contributed by atoms with Crippen LogP contribution in [0.1, 0.15) is 29.7 Å². The highest BCUT2D eigenvalue weighted by molar-refractivity contribution is 5.46. The van der Waals surface area contributed by atoms with E-state index in [1.165, 1.54) is 18.3 Å². The lowest BCUT2D eigenvalue weighted by Crippen LogP contribution is -2.08. The number of nitrogens with zero attached hydrogens (tertiary/aromatic N) is 2. The van der Waals surface area contributed by atoms with Crippen LogP contribution in [-0.2, 0) is 13.2 Å². The fraction of sp³-hybridized carbons (Fsp3) is 0.308. The third-order valence-corrected chi connectivity index (χ3v) is 3.16. The van der Waals surface area contributed by atoms with Crippen LogP contribution in [0.5, 0.6) is 0 Å². The Kier molecular flexibility index (Phi) is 3.26. The van der Waals surface area contributed by atoms with Crippen molar-refractivity contribution in [1.82, 2.24) is 9.78 Å². The monoisotopic (exact) mass is 269 g/mol. The minimum Gasteiger partial charge on any atom is -0.396 e. The second-order valence-corrected chi connectivity index (χ2v) is 4.45. The molecule has 1 atom stereocenters. The predicted octanol–water partition coefficient (Wildman–Crippen LogP) is 3.17. The molecule has 0 fully saturated rings. The summed E-state index contributed by atoms with van der Waals surface area (Å²) in [6.45, 7) is 1.88. The third kappa shape index (κ3) is 2.57. The molecular formula is C13H14F3N3. The molecule has 0 aliphatic rings. The largest absolute Gasteiger partial charge is 0.416 e. The number of hydrogen-bond acceptors (Lipinski definition) is 2. The molecule has 0 aliphatic heterocycles. The summed E-state index contributed by atoms with van der Waals surface area (Å²) in [5.41, 5.74) is 7.26. The van der Waals surface area contributed by atoms with Crippen molar-refractivity contribution in [3.8, 4) is 0 Å². The molecule has 0 bridgehead atoms. The lowest BCUT2D eigenvalue weighted by atomic mass is 9.96. The van der Waals surface area contributed by atoms with Gasteiger partial charge in [0.1, 0.15) is 0 Å².